The van der Waals surface area contributed by atoms with E-state index in [1.807, 2.05) is 5.32 Å². The Morgan fingerprint density at radius 3 is 2.64 bits per heavy atom. The van der Waals surface area contributed by atoms with E-state index in [9.17, 15) is 13.2 Å². The fraction of sp³-hybridized carbons (Fsp3) is 0.588. The molecule has 154 valence electrons. The number of alkyl halides is 3. The molecule has 1 atom stereocenters. The molecule has 0 amide bonds. The molecular formula is C17H22F4N6O. The quantitative estimate of drug-likeness (QED) is 0.750. The van der Waals surface area contributed by atoms with Gasteiger partial charge in [0.05, 0.1) is 18.3 Å². The topological polar surface area (TPSA) is 68.1 Å². The number of nitrogens with one attached hydrogen (secondary N) is 1. The van der Waals surface area contributed by atoms with E-state index in [0.717, 1.165) is 12.8 Å². The zero-order chi connectivity index (χ0) is 20.5. The SMILES string of the molecule is COC[C@H]1CCCN1c1nc(-n2nc(C)cc2C)nc(NCC(F)(F)F)c1F. The lowest BCUT2D eigenvalue weighted by molar-refractivity contribution is -0.115. The first-order valence-electron chi connectivity index (χ1n) is 8.87. The minimum Gasteiger partial charge on any atom is -0.383 e. The van der Waals surface area contributed by atoms with Gasteiger partial charge in [-0.3, -0.25) is 0 Å². The van der Waals surface area contributed by atoms with E-state index < -0.39 is 24.4 Å². The average molecular weight is 402 g/mol. The Hall–Kier alpha value is -2.43. The van der Waals surface area contributed by atoms with Crippen LogP contribution in [0.25, 0.3) is 5.95 Å². The Balaban J connectivity index is 2.06. The van der Waals surface area contributed by atoms with Crippen LogP contribution in [0.3, 0.4) is 0 Å². The molecule has 0 saturated carbocycles. The van der Waals surface area contributed by atoms with Crippen LogP contribution in [0.2, 0.25) is 0 Å². The van der Waals surface area contributed by atoms with Crippen molar-refractivity contribution in [1.29, 1.82) is 0 Å². The number of methoxy groups -OCH3 is 1. The summed E-state index contributed by atoms with van der Waals surface area (Å²) in [5, 5.41) is 6.31. The molecule has 11 heteroatoms. The van der Waals surface area contributed by atoms with Crippen LogP contribution in [0.5, 0.6) is 0 Å². The Morgan fingerprint density at radius 2 is 2.04 bits per heavy atom. The van der Waals surface area contributed by atoms with Crippen LogP contribution >= 0.6 is 0 Å². The highest BCUT2D eigenvalue weighted by molar-refractivity contribution is 5.55. The molecule has 28 heavy (non-hydrogen) atoms. The molecule has 0 unspecified atom stereocenters. The molecular weight excluding hydrogens is 380 g/mol. The van der Waals surface area contributed by atoms with Crippen LogP contribution in [0.15, 0.2) is 6.07 Å². The van der Waals surface area contributed by atoms with Crippen LogP contribution in [-0.2, 0) is 4.74 Å². The van der Waals surface area contributed by atoms with Crippen molar-refractivity contribution in [1.82, 2.24) is 19.7 Å². The predicted molar refractivity (Wildman–Crippen MR) is 95.4 cm³/mol. The molecule has 2 aromatic rings. The molecule has 0 aromatic carbocycles. The van der Waals surface area contributed by atoms with Gasteiger partial charge in [0.2, 0.25) is 5.82 Å². The summed E-state index contributed by atoms with van der Waals surface area (Å²) in [6, 6.07) is 1.66. The Morgan fingerprint density at radius 1 is 1.29 bits per heavy atom. The maximum Gasteiger partial charge on any atom is 0.405 e. The highest BCUT2D eigenvalue weighted by atomic mass is 19.4. The summed E-state index contributed by atoms with van der Waals surface area (Å²) in [4.78, 5) is 9.98. The van der Waals surface area contributed by atoms with Crippen LogP contribution in [0.1, 0.15) is 24.2 Å². The smallest absolute Gasteiger partial charge is 0.383 e. The third-order valence-corrected chi connectivity index (χ3v) is 4.49. The molecule has 3 rings (SSSR count). The number of aryl methyl sites for hydroxylation is 2. The molecule has 3 heterocycles. The van der Waals surface area contributed by atoms with E-state index in [1.165, 1.54) is 4.68 Å². The lowest BCUT2D eigenvalue weighted by Gasteiger charge is -2.26. The van der Waals surface area contributed by atoms with Gasteiger partial charge >= 0.3 is 6.18 Å². The van der Waals surface area contributed by atoms with Crippen molar-refractivity contribution >= 4 is 11.6 Å². The molecule has 2 aromatic heterocycles. The number of aromatic nitrogens is 4. The van der Waals surface area contributed by atoms with E-state index in [-0.39, 0.29) is 17.8 Å². The average Bonchev–Trinajstić information content (AvgIpc) is 3.19. The number of rotatable bonds is 6. The predicted octanol–water partition coefficient (Wildman–Crippen LogP) is 3.01. The van der Waals surface area contributed by atoms with Crippen molar-refractivity contribution in [3.8, 4) is 5.95 Å². The van der Waals surface area contributed by atoms with Gasteiger partial charge in [-0.25, -0.2) is 4.68 Å². The lowest BCUT2D eigenvalue weighted by atomic mass is 10.2. The van der Waals surface area contributed by atoms with Crippen molar-refractivity contribution in [2.75, 3.05) is 37.0 Å². The van der Waals surface area contributed by atoms with E-state index in [4.69, 9.17) is 4.74 Å². The second kappa shape index (κ2) is 7.90. The van der Waals surface area contributed by atoms with E-state index in [2.05, 4.69) is 15.1 Å². The van der Waals surface area contributed by atoms with Gasteiger partial charge in [-0.05, 0) is 32.8 Å². The fourth-order valence-electron chi connectivity index (χ4n) is 3.32. The second-order valence-corrected chi connectivity index (χ2v) is 6.76. The van der Waals surface area contributed by atoms with Crippen LogP contribution < -0.4 is 10.2 Å². The summed E-state index contributed by atoms with van der Waals surface area (Å²) in [6.07, 6.45) is -2.93. The summed E-state index contributed by atoms with van der Waals surface area (Å²) in [7, 11) is 1.55. The monoisotopic (exact) mass is 402 g/mol. The molecule has 1 aliphatic heterocycles. The first kappa shape index (κ1) is 20.3. The van der Waals surface area contributed by atoms with E-state index >= 15 is 4.39 Å². The summed E-state index contributed by atoms with van der Waals surface area (Å²) < 4.78 is 59.6. The summed E-state index contributed by atoms with van der Waals surface area (Å²) >= 11 is 0. The van der Waals surface area contributed by atoms with Crippen molar-refractivity contribution in [3.63, 3.8) is 0 Å². The molecule has 1 N–H and O–H groups in total. The van der Waals surface area contributed by atoms with Gasteiger partial charge in [0, 0.05) is 19.3 Å². The Bertz CT molecular complexity index is 838. The number of nitrogens with zero attached hydrogens (tertiary/aromatic N) is 5. The second-order valence-electron chi connectivity index (χ2n) is 6.76. The third-order valence-electron chi connectivity index (χ3n) is 4.49. The molecule has 1 fully saturated rings. The van der Waals surface area contributed by atoms with E-state index in [0.29, 0.717) is 24.5 Å². The summed E-state index contributed by atoms with van der Waals surface area (Å²) in [5.74, 6) is -1.47. The standard InChI is InChI=1S/C17H22F4N6O/c1-10-7-11(2)27(25-10)16-23-14(22-9-17(19,20)21)13(18)15(24-16)26-6-4-5-12(26)8-28-3/h7,12H,4-6,8-9H2,1-3H3,(H,22,23,24)/t12-/m1/s1. The van der Waals surface area contributed by atoms with Gasteiger partial charge in [-0.2, -0.15) is 32.6 Å². The molecule has 0 spiro atoms. The fourth-order valence-corrected chi connectivity index (χ4v) is 3.32. The van der Waals surface area contributed by atoms with Crippen molar-refractivity contribution in [2.24, 2.45) is 0 Å². The highest BCUT2D eigenvalue weighted by Gasteiger charge is 2.32. The maximum atomic E-state index is 15.0. The number of ether oxygens (including phenoxy) is 1. The normalized spacial score (nSPS) is 17.4. The molecule has 0 aliphatic carbocycles. The van der Waals surface area contributed by atoms with Gasteiger partial charge in [0.1, 0.15) is 6.54 Å². The van der Waals surface area contributed by atoms with Gasteiger partial charge in [0.15, 0.2) is 11.6 Å². The number of anilines is 2. The van der Waals surface area contributed by atoms with Gasteiger partial charge in [-0.15, -0.1) is 0 Å². The highest BCUT2D eigenvalue weighted by Crippen LogP contribution is 2.31. The molecule has 0 radical (unpaired) electrons. The van der Waals surface area contributed by atoms with Crippen molar-refractivity contribution in [3.05, 3.63) is 23.3 Å². The van der Waals surface area contributed by atoms with Gasteiger partial charge < -0.3 is 15.0 Å². The number of hydrogen-bond acceptors (Lipinski definition) is 6. The first-order valence-corrected chi connectivity index (χ1v) is 8.87. The molecule has 0 bridgehead atoms. The number of halogens is 4. The Kier molecular flexibility index (Phi) is 5.73. The van der Waals surface area contributed by atoms with Crippen LogP contribution in [0.4, 0.5) is 29.2 Å². The van der Waals surface area contributed by atoms with E-state index in [1.54, 1.807) is 31.9 Å². The minimum atomic E-state index is -4.51. The molecule has 7 nitrogen and oxygen atoms in total. The van der Waals surface area contributed by atoms with Crippen LogP contribution in [0, 0.1) is 19.7 Å². The third kappa shape index (κ3) is 4.34. The van der Waals surface area contributed by atoms with Crippen molar-refractivity contribution in [2.45, 2.75) is 38.9 Å². The van der Waals surface area contributed by atoms with Crippen molar-refractivity contribution < 1.29 is 22.3 Å². The lowest BCUT2D eigenvalue weighted by Crippen LogP contribution is -2.35. The van der Waals surface area contributed by atoms with Crippen LogP contribution in [-0.4, -0.2) is 58.8 Å². The van der Waals surface area contributed by atoms with Gasteiger partial charge in [0.25, 0.3) is 5.95 Å². The zero-order valence-corrected chi connectivity index (χ0v) is 15.8. The minimum absolute atomic E-state index is 0.00902. The maximum absolute atomic E-state index is 15.0. The molecule has 1 saturated heterocycles. The largest absolute Gasteiger partial charge is 0.405 e. The summed E-state index contributed by atoms with van der Waals surface area (Å²) in [5.41, 5.74) is 1.38. The Labute approximate surface area is 159 Å². The molecule has 1 aliphatic rings. The zero-order valence-electron chi connectivity index (χ0n) is 15.8. The number of hydrogen-bond donors (Lipinski definition) is 1. The van der Waals surface area contributed by atoms with Gasteiger partial charge in [-0.1, -0.05) is 0 Å². The summed E-state index contributed by atoms with van der Waals surface area (Å²) in [6.45, 7) is 3.02. The first-order chi connectivity index (χ1) is 13.2.